The largest absolute Gasteiger partial charge is 0.489 e. The second-order valence-corrected chi connectivity index (χ2v) is 4.77. The zero-order valence-electron chi connectivity index (χ0n) is 12.0. The molecule has 0 saturated heterocycles. The van der Waals surface area contributed by atoms with Crippen molar-refractivity contribution in [1.29, 1.82) is 0 Å². The number of hydrogen-bond acceptors (Lipinski definition) is 5. The number of nitrogens with one attached hydrogen (secondary N) is 1. The average molecular weight is 321 g/mol. The summed E-state index contributed by atoms with van der Waals surface area (Å²) in [5.41, 5.74) is -0.259. The Bertz CT molecular complexity index is 725. The molecule has 0 unspecified atom stereocenters. The van der Waals surface area contributed by atoms with Crippen molar-refractivity contribution in [2.45, 2.75) is 12.8 Å². The third-order valence-corrected chi connectivity index (χ3v) is 3.16. The van der Waals surface area contributed by atoms with Crippen molar-refractivity contribution in [2.75, 3.05) is 18.5 Å². The normalized spacial score (nSPS) is 13.5. The van der Waals surface area contributed by atoms with Crippen molar-refractivity contribution in [3.63, 3.8) is 0 Å². The highest BCUT2D eigenvalue weighted by atomic mass is 19.3. The summed E-state index contributed by atoms with van der Waals surface area (Å²) in [5.74, 6) is 0.313. The molecule has 23 heavy (non-hydrogen) atoms. The Labute approximate surface area is 130 Å². The quantitative estimate of drug-likeness (QED) is 0.941. The zero-order valence-corrected chi connectivity index (χ0v) is 12.0. The molecule has 2 aromatic rings. The summed E-state index contributed by atoms with van der Waals surface area (Å²) >= 11 is 0. The number of benzene rings is 1. The van der Waals surface area contributed by atoms with Gasteiger partial charge in [-0.1, -0.05) is 6.07 Å². The molecule has 1 aromatic carbocycles. The first-order valence-corrected chi connectivity index (χ1v) is 6.95. The van der Waals surface area contributed by atoms with Crippen molar-refractivity contribution < 1.29 is 23.0 Å². The van der Waals surface area contributed by atoms with E-state index in [0.29, 0.717) is 30.4 Å². The van der Waals surface area contributed by atoms with E-state index >= 15 is 0 Å². The highest BCUT2D eigenvalue weighted by Gasteiger charge is 2.18. The Kier molecular flexibility index (Phi) is 4.31. The molecule has 0 radical (unpaired) electrons. The predicted octanol–water partition coefficient (Wildman–Crippen LogP) is 2.83. The number of nitrogens with zero attached hydrogens (tertiary/aromatic N) is 2. The SMILES string of the molecule is O=C(Nc1cccc2c1OCCCO2)c1cc(C(F)F)ncn1. The van der Waals surface area contributed by atoms with Gasteiger partial charge in [0.05, 0.1) is 18.9 Å². The van der Waals surface area contributed by atoms with Gasteiger partial charge < -0.3 is 14.8 Å². The fraction of sp³-hybridized carbons (Fsp3) is 0.267. The minimum Gasteiger partial charge on any atom is -0.489 e. The molecular weight excluding hydrogens is 308 g/mol. The standard InChI is InChI=1S/C15H13F2N3O3/c16-14(17)10-7-11(19-8-18-10)15(21)20-9-3-1-4-12-13(9)23-6-2-5-22-12/h1,3-4,7-8,14H,2,5-6H2,(H,20,21). The highest BCUT2D eigenvalue weighted by Crippen LogP contribution is 2.37. The molecule has 120 valence electrons. The monoisotopic (exact) mass is 321 g/mol. The summed E-state index contributed by atoms with van der Waals surface area (Å²) in [6, 6.07) is 6.03. The number of hydrogen-bond donors (Lipinski definition) is 1. The zero-order chi connectivity index (χ0) is 16.2. The molecule has 1 aromatic heterocycles. The summed E-state index contributed by atoms with van der Waals surface area (Å²) in [7, 11) is 0. The van der Waals surface area contributed by atoms with Crippen molar-refractivity contribution in [3.8, 4) is 11.5 Å². The van der Waals surface area contributed by atoms with Gasteiger partial charge in [-0.05, 0) is 18.2 Å². The van der Waals surface area contributed by atoms with Crippen LogP contribution in [0.25, 0.3) is 0 Å². The van der Waals surface area contributed by atoms with Crippen molar-refractivity contribution >= 4 is 11.6 Å². The smallest absolute Gasteiger partial charge is 0.280 e. The van der Waals surface area contributed by atoms with E-state index in [0.717, 1.165) is 18.8 Å². The number of halogens is 2. The van der Waals surface area contributed by atoms with Gasteiger partial charge >= 0.3 is 0 Å². The van der Waals surface area contributed by atoms with Gasteiger partial charge in [0.1, 0.15) is 17.7 Å². The summed E-state index contributed by atoms with van der Waals surface area (Å²) in [6.45, 7) is 0.983. The highest BCUT2D eigenvalue weighted by molar-refractivity contribution is 6.04. The number of alkyl halides is 2. The molecule has 3 rings (SSSR count). The van der Waals surface area contributed by atoms with E-state index in [9.17, 15) is 13.6 Å². The third-order valence-electron chi connectivity index (χ3n) is 3.16. The lowest BCUT2D eigenvalue weighted by Gasteiger charge is -2.13. The second-order valence-electron chi connectivity index (χ2n) is 4.77. The maximum Gasteiger partial charge on any atom is 0.280 e. The molecule has 0 bridgehead atoms. The molecule has 0 fully saturated rings. The van der Waals surface area contributed by atoms with Gasteiger partial charge in [0.25, 0.3) is 12.3 Å². The molecule has 1 N–H and O–H groups in total. The number of carbonyl (C=O) groups excluding carboxylic acids is 1. The van der Waals surface area contributed by atoms with Crippen LogP contribution < -0.4 is 14.8 Å². The van der Waals surface area contributed by atoms with Crippen molar-refractivity contribution in [1.82, 2.24) is 9.97 Å². The Balaban J connectivity index is 1.85. The van der Waals surface area contributed by atoms with Crippen molar-refractivity contribution in [2.24, 2.45) is 0 Å². The summed E-state index contributed by atoms with van der Waals surface area (Å²) in [4.78, 5) is 19.4. The molecule has 0 atom stereocenters. The first-order valence-electron chi connectivity index (χ1n) is 6.95. The Hall–Kier alpha value is -2.77. The number of rotatable bonds is 3. The van der Waals surface area contributed by atoms with Gasteiger partial charge in [0.15, 0.2) is 11.5 Å². The molecule has 1 amide bonds. The first kappa shape index (κ1) is 15.1. The maximum absolute atomic E-state index is 12.6. The van der Waals surface area contributed by atoms with Crippen LogP contribution in [0.1, 0.15) is 29.0 Å². The van der Waals surface area contributed by atoms with E-state index in [-0.39, 0.29) is 5.69 Å². The van der Waals surface area contributed by atoms with Crippen LogP contribution >= 0.6 is 0 Å². The van der Waals surface area contributed by atoms with Crippen LogP contribution in [0.5, 0.6) is 11.5 Å². The topological polar surface area (TPSA) is 73.3 Å². The minimum atomic E-state index is -2.77. The summed E-state index contributed by atoms with van der Waals surface area (Å²) in [5, 5.41) is 2.60. The Morgan fingerprint density at radius 3 is 2.87 bits per heavy atom. The van der Waals surface area contributed by atoms with E-state index in [1.165, 1.54) is 0 Å². The predicted molar refractivity (Wildman–Crippen MR) is 77.0 cm³/mol. The van der Waals surface area contributed by atoms with Gasteiger partial charge in [-0.3, -0.25) is 4.79 Å². The lowest BCUT2D eigenvalue weighted by molar-refractivity contribution is 0.102. The van der Waals surface area contributed by atoms with E-state index in [1.54, 1.807) is 18.2 Å². The van der Waals surface area contributed by atoms with E-state index in [1.807, 2.05) is 0 Å². The molecule has 6 nitrogen and oxygen atoms in total. The number of para-hydroxylation sites is 1. The molecule has 1 aliphatic rings. The third kappa shape index (κ3) is 3.36. The minimum absolute atomic E-state index is 0.151. The van der Waals surface area contributed by atoms with Crippen LogP contribution in [0.3, 0.4) is 0 Å². The van der Waals surface area contributed by atoms with Crippen molar-refractivity contribution in [3.05, 3.63) is 42.0 Å². The lowest BCUT2D eigenvalue weighted by atomic mass is 10.2. The molecule has 0 spiro atoms. The number of carbonyl (C=O) groups is 1. The van der Waals surface area contributed by atoms with Gasteiger partial charge in [-0.2, -0.15) is 0 Å². The number of fused-ring (bicyclic) bond motifs is 1. The number of ether oxygens (including phenoxy) is 2. The van der Waals surface area contributed by atoms with Gasteiger partial charge in [0.2, 0.25) is 0 Å². The molecule has 2 heterocycles. The van der Waals surface area contributed by atoms with Crippen LogP contribution in [0.15, 0.2) is 30.6 Å². The molecule has 8 heteroatoms. The van der Waals surface area contributed by atoms with Crippen LogP contribution in [0, 0.1) is 0 Å². The van der Waals surface area contributed by atoms with E-state index < -0.39 is 18.0 Å². The van der Waals surface area contributed by atoms with Gasteiger partial charge in [0, 0.05) is 6.42 Å². The van der Waals surface area contributed by atoms with E-state index in [2.05, 4.69) is 15.3 Å². The van der Waals surface area contributed by atoms with Crippen LogP contribution in [-0.2, 0) is 0 Å². The molecule has 0 saturated carbocycles. The fourth-order valence-electron chi connectivity index (χ4n) is 2.09. The summed E-state index contributed by atoms with van der Waals surface area (Å²) in [6.07, 6.45) is -1.11. The molecular formula is C15H13F2N3O3. The second kappa shape index (κ2) is 6.55. The average Bonchev–Trinajstić information content (AvgIpc) is 2.81. The van der Waals surface area contributed by atoms with Gasteiger partial charge in [-0.15, -0.1) is 0 Å². The van der Waals surface area contributed by atoms with Gasteiger partial charge in [-0.25, -0.2) is 18.7 Å². The lowest BCUT2D eigenvalue weighted by Crippen LogP contribution is -2.15. The van der Waals surface area contributed by atoms with Crippen LogP contribution in [-0.4, -0.2) is 29.1 Å². The molecule has 0 aliphatic carbocycles. The fourth-order valence-corrected chi connectivity index (χ4v) is 2.09. The Morgan fingerprint density at radius 1 is 1.22 bits per heavy atom. The maximum atomic E-state index is 12.6. The van der Waals surface area contributed by atoms with E-state index in [4.69, 9.17) is 9.47 Å². The first-order chi connectivity index (χ1) is 11.1. The number of aromatic nitrogens is 2. The van der Waals surface area contributed by atoms with Crippen LogP contribution in [0.4, 0.5) is 14.5 Å². The van der Waals surface area contributed by atoms with Crippen LogP contribution in [0.2, 0.25) is 0 Å². The summed E-state index contributed by atoms with van der Waals surface area (Å²) < 4.78 is 36.4. The Morgan fingerprint density at radius 2 is 2.04 bits per heavy atom. The number of anilines is 1. The number of amides is 1. The molecule has 1 aliphatic heterocycles.